The summed E-state index contributed by atoms with van der Waals surface area (Å²) in [5, 5.41) is 15.1. The maximum Gasteiger partial charge on any atom is 0.103 e. The fourth-order valence-corrected chi connectivity index (χ4v) is 0.889. The molecule has 0 spiro atoms. The molecule has 0 aliphatic carbocycles. The van der Waals surface area contributed by atoms with Crippen LogP contribution in [-0.2, 0) is 0 Å². The molecular weight excluding hydrogens is 116 g/mol. The van der Waals surface area contributed by atoms with E-state index < -0.39 is 0 Å². The van der Waals surface area contributed by atoms with Crippen LogP contribution in [0.1, 0.15) is 0 Å². The zero-order valence-electron chi connectivity index (χ0n) is 5.35. The molecule has 9 heavy (non-hydrogen) atoms. The van der Waals surface area contributed by atoms with Crippen LogP contribution < -0.4 is 10.6 Å². The Morgan fingerprint density at radius 2 is 2.33 bits per heavy atom. The highest BCUT2D eigenvalue weighted by Crippen LogP contribution is 1.94. The van der Waals surface area contributed by atoms with Crippen LogP contribution in [0.3, 0.4) is 0 Å². The molecule has 52 valence electrons. The van der Waals surface area contributed by atoms with Crippen LogP contribution in [0, 0.1) is 0 Å². The van der Waals surface area contributed by atoms with Gasteiger partial charge in [0.2, 0.25) is 0 Å². The molecular formula is C6H12N2O. The first-order valence-electron chi connectivity index (χ1n) is 3.12. The van der Waals surface area contributed by atoms with E-state index in [1.165, 1.54) is 0 Å². The number of piperazine rings is 1. The van der Waals surface area contributed by atoms with Gasteiger partial charge in [-0.15, -0.1) is 0 Å². The van der Waals surface area contributed by atoms with E-state index in [0.29, 0.717) is 0 Å². The van der Waals surface area contributed by atoms with E-state index in [0.717, 1.165) is 19.6 Å². The molecule has 0 bridgehead atoms. The van der Waals surface area contributed by atoms with Crippen molar-refractivity contribution in [2.75, 3.05) is 19.6 Å². The lowest BCUT2D eigenvalue weighted by molar-refractivity contribution is 0.317. The Labute approximate surface area is 54.8 Å². The molecule has 3 nitrogen and oxygen atoms in total. The van der Waals surface area contributed by atoms with Crippen molar-refractivity contribution >= 4 is 0 Å². The van der Waals surface area contributed by atoms with Gasteiger partial charge in [-0.1, -0.05) is 6.58 Å². The molecule has 1 aliphatic rings. The Balaban J connectivity index is 2.31. The number of aliphatic hydroxyl groups excluding tert-OH is 1. The lowest BCUT2D eigenvalue weighted by atomic mass is 10.2. The van der Waals surface area contributed by atoms with Crippen molar-refractivity contribution in [3.63, 3.8) is 0 Å². The summed E-state index contributed by atoms with van der Waals surface area (Å²) < 4.78 is 0. The minimum atomic E-state index is 0.0544. The van der Waals surface area contributed by atoms with Crippen molar-refractivity contribution in [2.45, 2.75) is 6.04 Å². The molecule has 3 heteroatoms. The van der Waals surface area contributed by atoms with Gasteiger partial charge in [0.25, 0.3) is 0 Å². The molecule has 1 rings (SSSR count). The van der Waals surface area contributed by atoms with Crippen molar-refractivity contribution < 1.29 is 5.11 Å². The van der Waals surface area contributed by atoms with E-state index in [9.17, 15) is 0 Å². The summed E-state index contributed by atoms with van der Waals surface area (Å²) in [4.78, 5) is 0. The van der Waals surface area contributed by atoms with Gasteiger partial charge >= 0.3 is 0 Å². The Morgan fingerprint density at radius 1 is 1.56 bits per heavy atom. The van der Waals surface area contributed by atoms with Crippen LogP contribution in [-0.4, -0.2) is 30.8 Å². The fraction of sp³-hybridized carbons (Fsp3) is 0.667. The van der Waals surface area contributed by atoms with Gasteiger partial charge < -0.3 is 15.7 Å². The van der Waals surface area contributed by atoms with E-state index in [4.69, 9.17) is 5.11 Å². The normalized spacial score (nSPS) is 27.8. The summed E-state index contributed by atoms with van der Waals surface area (Å²) in [6.45, 7) is 6.10. The summed E-state index contributed by atoms with van der Waals surface area (Å²) in [5.74, 6) is 0.224. The van der Waals surface area contributed by atoms with E-state index in [-0.39, 0.29) is 11.8 Å². The second-order valence-corrected chi connectivity index (χ2v) is 2.20. The Kier molecular flexibility index (Phi) is 2.08. The molecule has 0 unspecified atom stereocenters. The SMILES string of the molecule is C=C(O)[C@@H]1CNCCN1. The van der Waals surface area contributed by atoms with Gasteiger partial charge in [-0.05, 0) is 0 Å². The molecule has 3 N–H and O–H groups in total. The molecule has 0 aromatic carbocycles. The zero-order valence-corrected chi connectivity index (χ0v) is 5.35. The predicted molar refractivity (Wildman–Crippen MR) is 36.4 cm³/mol. The average Bonchev–Trinajstić information content (AvgIpc) is 1.90. The third kappa shape index (κ3) is 1.69. The summed E-state index contributed by atoms with van der Waals surface area (Å²) in [7, 11) is 0. The van der Waals surface area contributed by atoms with Gasteiger partial charge in [0.15, 0.2) is 0 Å². The number of aliphatic hydroxyl groups is 1. The van der Waals surface area contributed by atoms with Crippen LogP contribution in [0.5, 0.6) is 0 Å². The van der Waals surface area contributed by atoms with E-state index in [2.05, 4.69) is 17.2 Å². The van der Waals surface area contributed by atoms with E-state index in [1.807, 2.05) is 0 Å². The number of hydrogen-bond acceptors (Lipinski definition) is 3. The highest BCUT2D eigenvalue weighted by Gasteiger charge is 2.13. The van der Waals surface area contributed by atoms with Gasteiger partial charge in [0.05, 0.1) is 6.04 Å². The summed E-state index contributed by atoms with van der Waals surface area (Å²) in [5.41, 5.74) is 0. The standard InChI is InChI=1S/C6H12N2O/c1-5(9)6-4-7-2-3-8-6/h6-9H,1-4H2/t6-/m0/s1. The molecule has 1 fully saturated rings. The van der Waals surface area contributed by atoms with Crippen molar-refractivity contribution in [1.29, 1.82) is 0 Å². The molecule has 1 heterocycles. The van der Waals surface area contributed by atoms with Crippen molar-refractivity contribution in [3.8, 4) is 0 Å². The molecule has 0 aromatic rings. The average molecular weight is 128 g/mol. The minimum absolute atomic E-state index is 0.0544. The second-order valence-electron chi connectivity index (χ2n) is 2.20. The largest absolute Gasteiger partial charge is 0.511 e. The Morgan fingerprint density at radius 3 is 2.67 bits per heavy atom. The van der Waals surface area contributed by atoms with Gasteiger partial charge in [0, 0.05) is 19.6 Å². The van der Waals surface area contributed by atoms with Crippen LogP contribution >= 0.6 is 0 Å². The lowest BCUT2D eigenvalue weighted by Gasteiger charge is -2.22. The van der Waals surface area contributed by atoms with E-state index >= 15 is 0 Å². The van der Waals surface area contributed by atoms with Crippen LogP contribution in [0.15, 0.2) is 12.3 Å². The highest BCUT2D eigenvalue weighted by molar-refractivity contribution is 4.97. The monoisotopic (exact) mass is 128 g/mol. The first-order chi connectivity index (χ1) is 4.30. The van der Waals surface area contributed by atoms with E-state index in [1.54, 1.807) is 0 Å². The smallest absolute Gasteiger partial charge is 0.103 e. The predicted octanol–water partition coefficient (Wildman–Crippen LogP) is -0.381. The maximum absolute atomic E-state index is 8.88. The molecule has 0 amide bonds. The van der Waals surface area contributed by atoms with Crippen LogP contribution in [0.25, 0.3) is 0 Å². The molecule has 0 saturated carbocycles. The van der Waals surface area contributed by atoms with Crippen LogP contribution in [0.2, 0.25) is 0 Å². The molecule has 1 aliphatic heterocycles. The highest BCUT2D eigenvalue weighted by atomic mass is 16.3. The first-order valence-corrected chi connectivity index (χ1v) is 3.12. The van der Waals surface area contributed by atoms with Gasteiger partial charge in [-0.25, -0.2) is 0 Å². The lowest BCUT2D eigenvalue weighted by Crippen LogP contribution is -2.48. The topological polar surface area (TPSA) is 44.3 Å². The number of rotatable bonds is 1. The molecule has 1 atom stereocenters. The molecule has 0 aromatic heterocycles. The molecule has 0 radical (unpaired) electrons. The van der Waals surface area contributed by atoms with Crippen molar-refractivity contribution in [1.82, 2.24) is 10.6 Å². The first kappa shape index (κ1) is 6.58. The van der Waals surface area contributed by atoms with Gasteiger partial charge in [0.1, 0.15) is 5.76 Å². The fourth-order valence-electron chi connectivity index (χ4n) is 0.889. The molecule has 1 saturated heterocycles. The van der Waals surface area contributed by atoms with Crippen molar-refractivity contribution in [3.05, 3.63) is 12.3 Å². The zero-order chi connectivity index (χ0) is 6.69. The third-order valence-corrected chi connectivity index (χ3v) is 1.44. The van der Waals surface area contributed by atoms with Gasteiger partial charge in [-0.2, -0.15) is 0 Å². The Hall–Kier alpha value is -0.540. The van der Waals surface area contributed by atoms with Gasteiger partial charge in [-0.3, -0.25) is 0 Å². The second kappa shape index (κ2) is 2.85. The summed E-state index contributed by atoms with van der Waals surface area (Å²) >= 11 is 0. The number of nitrogens with one attached hydrogen (secondary N) is 2. The minimum Gasteiger partial charge on any atom is -0.511 e. The van der Waals surface area contributed by atoms with Crippen LogP contribution in [0.4, 0.5) is 0 Å². The summed E-state index contributed by atoms with van der Waals surface area (Å²) in [6.07, 6.45) is 0. The number of hydrogen-bond donors (Lipinski definition) is 3. The summed E-state index contributed by atoms with van der Waals surface area (Å²) in [6, 6.07) is 0.0544. The third-order valence-electron chi connectivity index (χ3n) is 1.44. The maximum atomic E-state index is 8.88. The Bertz CT molecular complexity index is 108. The van der Waals surface area contributed by atoms with Crippen molar-refractivity contribution in [2.24, 2.45) is 0 Å². The quantitative estimate of drug-likeness (QED) is 0.422.